The van der Waals surface area contributed by atoms with Gasteiger partial charge in [-0.25, -0.2) is 0 Å². The highest BCUT2D eigenvalue weighted by Crippen LogP contribution is 2.27. The molecule has 1 aromatic carbocycles. The summed E-state index contributed by atoms with van der Waals surface area (Å²) >= 11 is 0. The molecule has 5 nitrogen and oxygen atoms in total. The van der Waals surface area contributed by atoms with Crippen molar-refractivity contribution in [2.75, 3.05) is 31.7 Å². The van der Waals surface area contributed by atoms with E-state index in [1.54, 1.807) is 12.0 Å². The second kappa shape index (κ2) is 7.22. The van der Waals surface area contributed by atoms with E-state index in [4.69, 9.17) is 4.74 Å². The van der Waals surface area contributed by atoms with Crippen LogP contribution in [0.2, 0.25) is 0 Å². The zero-order valence-electron chi connectivity index (χ0n) is 12.6. The maximum atomic E-state index is 12.1. The molecule has 0 aliphatic carbocycles. The first-order chi connectivity index (χ1) is 10.1. The van der Waals surface area contributed by atoms with Crippen molar-refractivity contribution < 1.29 is 14.3 Å². The normalized spacial score (nSPS) is 18.1. The van der Waals surface area contributed by atoms with Gasteiger partial charge in [-0.2, -0.15) is 0 Å². The molecule has 1 unspecified atom stereocenters. The van der Waals surface area contributed by atoms with Crippen LogP contribution in [-0.2, 0) is 14.3 Å². The van der Waals surface area contributed by atoms with Crippen LogP contribution in [0.3, 0.4) is 0 Å². The molecule has 1 atom stereocenters. The molecular formula is C16H22N2O3. The topological polar surface area (TPSA) is 58.6 Å². The molecule has 1 heterocycles. The van der Waals surface area contributed by atoms with Gasteiger partial charge in [0, 0.05) is 38.9 Å². The van der Waals surface area contributed by atoms with Gasteiger partial charge in [-0.05, 0) is 25.0 Å². The Kier molecular flexibility index (Phi) is 5.33. The molecule has 0 radical (unpaired) electrons. The molecule has 1 fully saturated rings. The fourth-order valence-electron chi connectivity index (χ4n) is 2.55. The number of carbonyl (C=O) groups is 2. The van der Waals surface area contributed by atoms with E-state index in [-0.39, 0.29) is 24.2 Å². The summed E-state index contributed by atoms with van der Waals surface area (Å²) < 4.78 is 4.94. The SMILES string of the molecule is COCCCNC(=O)C1CC(=O)N(c2ccccc2C)C1. The number of benzene rings is 1. The van der Waals surface area contributed by atoms with Crippen molar-refractivity contribution in [3.8, 4) is 0 Å². The molecule has 21 heavy (non-hydrogen) atoms. The Hall–Kier alpha value is -1.88. The highest BCUT2D eigenvalue weighted by molar-refractivity contribution is 6.00. The van der Waals surface area contributed by atoms with Crippen molar-refractivity contribution >= 4 is 17.5 Å². The van der Waals surface area contributed by atoms with E-state index < -0.39 is 0 Å². The van der Waals surface area contributed by atoms with Crippen LogP contribution in [0.4, 0.5) is 5.69 Å². The zero-order valence-corrected chi connectivity index (χ0v) is 12.6. The monoisotopic (exact) mass is 290 g/mol. The van der Waals surface area contributed by atoms with Gasteiger partial charge in [0.25, 0.3) is 0 Å². The third kappa shape index (κ3) is 3.82. The predicted molar refractivity (Wildman–Crippen MR) is 81.1 cm³/mol. The largest absolute Gasteiger partial charge is 0.385 e. The summed E-state index contributed by atoms with van der Waals surface area (Å²) in [6, 6.07) is 7.75. The number of aryl methyl sites for hydroxylation is 1. The van der Waals surface area contributed by atoms with Crippen LogP contribution in [0.1, 0.15) is 18.4 Å². The maximum Gasteiger partial charge on any atom is 0.227 e. The third-order valence-electron chi connectivity index (χ3n) is 3.73. The average molecular weight is 290 g/mol. The van der Waals surface area contributed by atoms with Crippen molar-refractivity contribution in [1.82, 2.24) is 5.32 Å². The Balaban J connectivity index is 1.93. The Bertz CT molecular complexity index is 516. The van der Waals surface area contributed by atoms with Crippen LogP contribution in [0.15, 0.2) is 24.3 Å². The highest BCUT2D eigenvalue weighted by Gasteiger charge is 2.35. The van der Waals surface area contributed by atoms with Crippen LogP contribution < -0.4 is 10.2 Å². The van der Waals surface area contributed by atoms with E-state index >= 15 is 0 Å². The predicted octanol–water partition coefficient (Wildman–Crippen LogP) is 1.50. The number of carbonyl (C=O) groups excluding carboxylic acids is 2. The fraction of sp³-hybridized carbons (Fsp3) is 0.500. The van der Waals surface area contributed by atoms with Crippen molar-refractivity contribution in [1.29, 1.82) is 0 Å². The van der Waals surface area contributed by atoms with Gasteiger partial charge in [0.2, 0.25) is 11.8 Å². The molecule has 0 bridgehead atoms. The molecule has 5 heteroatoms. The van der Waals surface area contributed by atoms with Crippen LogP contribution in [0.5, 0.6) is 0 Å². The average Bonchev–Trinajstić information content (AvgIpc) is 2.86. The Morgan fingerprint density at radius 3 is 2.90 bits per heavy atom. The number of nitrogens with one attached hydrogen (secondary N) is 1. The molecule has 1 aliphatic heterocycles. The van der Waals surface area contributed by atoms with E-state index in [2.05, 4.69) is 5.32 Å². The fourth-order valence-corrected chi connectivity index (χ4v) is 2.55. The first kappa shape index (κ1) is 15.5. The lowest BCUT2D eigenvalue weighted by molar-refractivity contribution is -0.126. The highest BCUT2D eigenvalue weighted by atomic mass is 16.5. The van der Waals surface area contributed by atoms with E-state index in [1.807, 2.05) is 31.2 Å². The molecule has 1 aliphatic rings. The number of para-hydroxylation sites is 1. The number of rotatable bonds is 6. The van der Waals surface area contributed by atoms with Crippen LogP contribution in [-0.4, -0.2) is 38.6 Å². The van der Waals surface area contributed by atoms with Crippen molar-refractivity contribution in [2.45, 2.75) is 19.8 Å². The van der Waals surface area contributed by atoms with Crippen LogP contribution in [0.25, 0.3) is 0 Å². The number of nitrogens with zero attached hydrogens (tertiary/aromatic N) is 1. The minimum absolute atomic E-state index is 0.0151. The van der Waals surface area contributed by atoms with E-state index in [0.29, 0.717) is 19.7 Å². The Morgan fingerprint density at radius 2 is 2.19 bits per heavy atom. The lowest BCUT2D eigenvalue weighted by Gasteiger charge is -2.18. The van der Waals surface area contributed by atoms with Gasteiger partial charge in [-0.15, -0.1) is 0 Å². The van der Waals surface area contributed by atoms with Gasteiger partial charge in [0.1, 0.15) is 0 Å². The Morgan fingerprint density at radius 1 is 1.43 bits per heavy atom. The number of ether oxygens (including phenoxy) is 1. The van der Waals surface area contributed by atoms with E-state index in [9.17, 15) is 9.59 Å². The van der Waals surface area contributed by atoms with Crippen molar-refractivity contribution in [3.05, 3.63) is 29.8 Å². The van der Waals surface area contributed by atoms with Gasteiger partial charge in [0.15, 0.2) is 0 Å². The molecule has 0 saturated carbocycles. The summed E-state index contributed by atoms with van der Waals surface area (Å²) in [4.78, 5) is 25.9. The quantitative estimate of drug-likeness (QED) is 0.808. The molecule has 2 rings (SSSR count). The minimum Gasteiger partial charge on any atom is -0.385 e. The Labute approximate surface area is 125 Å². The van der Waals surface area contributed by atoms with Gasteiger partial charge in [-0.3, -0.25) is 9.59 Å². The first-order valence-electron chi connectivity index (χ1n) is 7.26. The minimum atomic E-state index is -0.264. The smallest absolute Gasteiger partial charge is 0.227 e. The van der Waals surface area contributed by atoms with Gasteiger partial charge in [-0.1, -0.05) is 18.2 Å². The van der Waals surface area contributed by atoms with E-state index in [1.165, 1.54) is 0 Å². The van der Waals surface area contributed by atoms with E-state index in [0.717, 1.165) is 17.7 Å². The summed E-state index contributed by atoms with van der Waals surface area (Å²) in [6.07, 6.45) is 1.06. The number of hydrogen-bond donors (Lipinski definition) is 1. The molecule has 2 amide bonds. The molecule has 114 valence electrons. The number of amides is 2. The lowest BCUT2D eigenvalue weighted by Crippen LogP contribution is -2.34. The molecule has 1 aromatic rings. The van der Waals surface area contributed by atoms with Gasteiger partial charge >= 0.3 is 0 Å². The molecule has 0 aromatic heterocycles. The van der Waals surface area contributed by atoms with Crippen LogP contribution >= 0.6 is 0 Å². The molecule has 1 saturated heterocycles. The second-order valence-corrected chi connectivity index (χ2v) is 5.33. The third-order valence-corrected chi connectivity index (χ3v) is 3.73. The summed E-state index contributed by atoms with van der Waals surface area (Å²) in [5.41, 5.74) is 1.95. The van der Waals surface area contributed by atoms with Crippen LogP contribution in [0, 0.1) is 12.8 Å². The van der Waals surface area contributed by atoms with Gasteiger partial charge < -0.3 is 15.0 Å². The number of anilines is 1. The summed E-state index contributed by atoms with van der Waals surface area (Å²) in [5, 5.41) is 2.87. The lowest BCUT2D eigenvalue weighted by atomic mass is 10.1. The van der Waals surface area contributed by atoms with Gasteiger partial charge in [0.05, 0.1) is 5.92 Å². The standard InChI is InChI=1S/C16H22N2O3/c1-12-6-3-4-7-14(12)18-11-13(10-15(18)19)16(20)17-8-5-9-21-2/h3-4,6-7,13H,5,8-11H2,1-2H3,(H,17,20). The van der Waals surface area contributed by atoms with Crippen molar-refractivity contribution in [3.63, 3.8) is 0 Å². The summed E-state index contributed by atoms with van der Waals surface area (Å²) in [6.45, 7) is 3.64. The zero-order chi connectivity index (χ0) is 15.2. The maximum absolute atomic E-state index is 12.1. The number of hydrogen-bond acceptors (Lipinski definition) is 3. The molecule has 0 spiro atoms. The molecular weight excluding hydrogens is 268 g/mol. The molecule has 1 N–H and O–H groups in total. The summed E-state index contributed by atoms with van der Waals surface area (Å²) in [5.74, 6) is -0.295. The second-order valence-electron chi connectivity index (χ2n) is 5.33. The number of methoxy groups -OCH3 is 1. The van der Waals surface area contributed by atoms with Crippen molar-refractivity contribution in [2.24, 2.45) is 5.92 Å². The first-order valence-corrected chi connectivity index (χ1v) is 7.26. The summed E-state index contributed by atoms with van der Waals surface area (Å²) in [7, 11) is 1.64.